The molecule has 0 spiro atoms. The number of nitrogens with two attached hydrogens (primary N) is 1. The standard InChI is InChI=1S/C18H25N5OS/c1-12(2)10-15(13-6-4-3-5-7-13)20-16(24)11-25-18-22-21-17(23(18)19)14-8-9-14/h3-7,12,14-15H,8-11,19H2,1-2H3,(H,20,24)/t15-/m0/s1. The lowest BCUT2D eigenvalue weighted by molar-refractivity contribution is -0.119. The van der Waals surface area contributed by atoms with Crippen LogP contribution in [0.3, 0.4) is 0 Å². The largest absolute Gasteiger partial charge is 0.349 e. The minimum atomic E-state index is -0.0181. The Morgan fingerprint density at radius 3 is 2.68 bits per heavy atom. The summed E-state index contributed by atoms with van der Waals surface area (Å²) in [4.78, 5) is 12.4. The number of nitrogens with one attached hydrogen (secondary N) is 1. The average Bonchev–Trinajstić information content (AvgIpc) is 3.36. The van der Waals surface area contributed by atoms with Crippen molar-refractivity contribution in [1.29, 1.82) is 0 Å². The van der Waals surface area contributed by atoms with Gasteiger partial charge in [0.25, 0.3) is 0 Å². The first-order valence-corrected chi connectivity index (χ1v) is 9.70. The molecule has 0 aliphatic heterocycles. The average molecular weight is 359 g/mol. The van der Waals surface area contributed by atoms with Crippen LogP contribution in [-0.2, 0) is 4.79 Å². The number of thioether (sulfide) groups is 1. The smallest absolute Gasteiger partial charge is 0.230 e. The fourth-order valence-electron chi connectivity index (χ4n) is 2.81. The van der Waals surface area contributed by atoms with Gasteiger partial charge >= 0.3 is 0 Å². The molecule has 1 heterocycles. The van der Waals surface area contributed by atoms with Crippen LogP contribution in [0.15, 0.2) is 35.5 Å². The number of hydrogen-bond donors (Lipinski definition) is 2. The van der Waals surface area contributed by atoms with E-state index in [1.165, 1.54) is 16.4 Å². The highest BCUT2D eigenvalue weighted by atomic mass is 32.2. The molecule has 1 aliphatic carbocycles. The summed E-state index contributed by atoms with van der Waals surface area (Å²) >= 11 is 1.33. The maximum atomic E-state index is 12.4. The highest BCUT2D eigenvalue weighted by molar-refractivity contribution is 7.99. The lowest BCUT2D eigenvalue weighted by Gasteiger charge is -2.21. The van der Waals surface area contributed by atoms with Gasteiger partial charge in [-0.05, 0) is 30.7 Å². The van der Waals surface area contributed by atoms with Crippen molar-refractivity contribution in [3.8, 4) is 0 Å². The maximum Gasteiger partial charge on any atom is 0.230 e. The van der Waals surface area contributed by atoms with Crippen molar-refractivity contribution in [3.05, 3.63) is 41.7 Å². The Bertz CT molecular complexity index is 712. The summed E-state index contributed by atoms with van der Waals surface area (Å²) in [6.45, 7) is 4.32. The van der Waals surface area contributed by atoms with Crippen molar-refractivity contribution in [1.82, 2.24) is 20.2 Å². The second-order valence-electron chi connectivity index (χ2n) is 6.93. The van der Waals surface area contributed by atoms with E-state index in [9.17, 15) is 4.79 Å². The summed E-state index contributed by atoms with van der Waals surface area (Å²) in [5, 5.41) is 12.0. The van der Waals surface area contributed by atoms with Gasteiger partial charge in [0.15, 0.2) is 5.82 Å². The van der Waals surface area contributed by atoms with Crippen molar-refractivity contribution in [2.24, 2.45) is 5.92 Å². The molecule has 1 fully saturated rings. The Hall–Kier alpha value is -2.02. The Morgan fingerprint density at radius 2 is 2.04 bits per heavy atom. The predicted molar refractivity (Wildman–Crippen MR) is 99.7 cm³/mol. The SMILES string of the molecule is CC(C)C[C@H](NC(=O)CSc1nnc(C2CC2)n1N)c1ccccc1. The lowest BCUT2D eigenvalue weighted by Crippen LogP contribution is -2.31. The molecule has 0 radical (unpaired) electrons. The molecule has 134 valence electrons. The fraction of sp³-hybridized carbons (Fsp3) is 0.500. The first-order valence-electron chi connectivity index (χ1n) is 8.72. The number of hydrogen-bond acceptors (Lipinski definition) is 5. The molecule has 0 unspecified atom stereocenters. The molecule has 1 amide bonds. The number of nitrogens with zero attached hydrogens (tertiary/aromatic N) is 3. The van der Waals surface area contributed by atoms with Crippen molar-refractivity contribution < 1.29 is 4.79 Å². The van der Waals surface area contributed by atoms with Crippen LogP contribution in [0.25, 0.3) is 0 Å². The van der Waals surface area contributed by atoms with E-state index in [1.807, 2.05) is 18.2 Å². The summed E-state index contributed by atoms with van der Waals surface area (Å²) in [5.74, 6) is 8.04. The molecular formula is C18H25N5OS. The summed E-state index contributed by atoms with van der Waals surface area (Å²) < 4.78 is 1.53. The minimum absolute atomic E-state index is 0.0181. The first-order chi connectivity index (χ1) is 12.0. The monoisotopic (exact) mass is 359 g/mol. The number of amides is 1. The van der Waals surface area contributed by atoms with Gasteiger partial charge in [-0.15, -0.1) is 10.2 Å². The van der Waals surface area contributed by atoms with E-state index in [0.717, 1.165) is 30.7 Å². The number of carbonyl (C=O) groups excluding carboxylic acids is 1. The van der Waals surface area contributed by atoms with E-state index in [-0.39, 0.29) is 17.7 Å². The molecule has 0 saturated heterocycles. The molecule has 6 nitrogen and oxygen atoms in total. The van der Waals surface area contributed by atoms with Gasteiger partial charge in [0.2, 0.25) is 11.1 Å². The number of rotatable bonds is 8. The fourth-order valence-corrected chi connectivity index (χ4v) is 3.48. The second-order valence-corrected chi connectivity index (χ2v) is 7.88. The third kappa shape index (κ3) is 4.75. The van der Waals surface area contributed by atoms with Crippen LogP contribution in [0.5, 0.6) is 0 Å². The summed E-state index contributed by atoms with van der Waals surface area (Å²) in [7, 11) is 0. The summed E-state index contributed by atoms with van der Waals surface area (Å²) in [6, 6.07) is 10.1. The number of aromatic nitrogens is 3. The Balaban J connectivity index is 1.58. The van der Waals surface area contributed by atoms with Gasteiger partial charge in [0, 0.05) is 5.92 Å². The highest BCUT2D eigenvalue weighted by Gasteiger charge is 2.30. The molecule has 1 aromatic carbocycles. The molecule has 2 aromatic rings. The maximum absolute atomic E-state index is 12.4. The molecular weight excluding hydrogens is 334 g/mol. The van der Waals surface area contributed by atoms with Crippen LogP contribution < -0.4 is 11.2 Å². The van der Waals surface area contributed by atoms with Crippen LogP contribution >= 0.6 is 11.8 Å². The van der Waals surface area contributed by atoms with E-state index < -0.39 is 0 Å². The minimum Gasteiger partial charge on any atom is -0.349 e. The van der Waals surface area contributed by atoms with Crippen LogP contribution in [0, 0.1) is 5.92 Å². The molecule has 1 aromatic heterocycles. The van der Waals surface area contributed by atoms with Gasteiger partial charge < -0.3 is 11.2 Å². The van der Waals surface area contributed by atoms with E-state index in [4.69, 9.17) is 5.84 Å². The van der Waals surface area contributed by atoms with E-state index in [0.29, 0.717) is 17.0 Å². The zero-order chi connectivity index (χ0) is 17.8. The van der Waals surface area contributed by atoms with Crippen LogP contribution in [0.2, 0.25) is 0 Å². The van der Waals surface area contributed by atoms with Gasteiger partial charge in [-0.3, -0.25) is 4.79 Å². The molecule has 1 atom stereocenters. The van der Waals surface area contributed by atoms with Crippen molar-refractivity contribution in [3.63, 3.8) is 0 Å². The van der Waals surface area contributed by atoms with E-state index in [2.05, 4.69) is 41.5 Å². The summed E-state index contributed by atoms with van der Waals surface area (Å²) in [5.41, 5.74) is 1.13. The van der Waals surface area contributed by atoms with Crippen LogP contribution in [0.1, 0.15) is 56.5 Å². The zero-order valence-electron chi connectivity index (χ0n) is 14.7. The third-order valence-corrected chi connectivity index (χ3v) is 5.15. The molecule has 0 bridgehead atoms. The molecule has 1 saturated carbocycles. The quantitative estimate of drug-likeness (QED) is 0.559. The Labute approximate surface area is 152 Å². The van der Waals surface area contributed by atoms with Crippen LogP contribution in [0.4, 0.5) is 0 Å². The van der Waals surface area contributed by atoms with Gasteiger partial charge in [-0.2, -0.15) is 0 Å². The topological polar surface area (TPSA) is 85.8 Å². The van der Waals surface area contributed by atoms with Crippen molar-refractivity contribution in [2.75, 3.05) is 11.6 Å². The number of nitrogen functional groups attached to an aromatic ring is 1. The molecule has 1 aliphatic rings. The van der Waals surface area contributed by atoms with Crippen molar-refractivity contribution >= 4 is 17.7 Å². The normalized spacial score (nSPS) is 15.3. The Kier molecular flexibility index (Phi) is 5.63. The molecule has 25 heavy (non-hydrogen) atoms. The van der Waals surface area contributed by atoms with Gasteiger partial charge in [0.05, 0.1) is 11.8 Å². The zero-order valence-corrected chi connectivity index (χ0v) is 15.5. The highest BCUT2D eigenvalue weighted by Crippen LogP contribution is 2.39. The van der Waals surface area contributed by atoms with Gasteiger partial charge in [0.1, 0.15) is 0 Å². The van der Waals surface area contributed by atoms with Crippen molar-refractivity contribution in [2.45, 2.75) is 50.2 Å². The molecule has 3 rings (SSSR count). The number of benzene rings is 1. The van der Waals surface area contributed by atoms with E-state index >= 15 is 0 Å². The summed E-state index contributed by atoms with van der Waals surface area (Å²) in [6.07, 6.45) is 3.14. The predicted octanol–water partition coefficient (Wildman–Crippen LogP) is 2.87. The first kappa shape index (κ1) is 17.8. The number of carbonyl (C=O) groups is 1. The molecule has 3 N–H and O–H groups in total. The van der Waals surface area contributed by atoms with Crippen LogP contribution in [-0.4, -0.2) is 26.5 Å². The van der Waals surface area contributed by atoms with E-state index in [1.54, 1.807) is 0 Å². The van der Waals surface area contributed by atoms with Gasteiger partial charge in [-0.25, -0.2) is 4.68 Å². The third-order valence-electron chi connectivity index (χ3n) is 4.21. The lowest BCUT2D eigenvalue weighted by atomic mass is 9.97. The van der Waals surface area contributed by atoms with Gasteiger partial charge in [-0.1, -0.05) is 55.9 Å². The Morgan fingerprint density at radius 1 is 1.32 bits per heavy atom. The molecule has 7 heteroatoms. The second kappa shape index (κ2) is 7.91.